The average molecular weight is 280 g/mol. The lowest BCUT2D eigenvalue weighted by Crippen LogP contribution is -2.12. The molecule has 2 heterocycles. The van der Waals surface area contributed by atoms with Crippen molar-refractivity contribution >= 4 is 21.6 Å². The van der Waals surface area contributed by atoms with Crippen LogP contribution in [0.2, 0.25) is 0 Å². The van der Waals surface area contributed by atoms with Gasteiger partial charge in [-0.1, -0.05) is 0 Å². The summed E-state index contributed by atoms with van der Waals surface area (Å²) in [5.74, 6) is 0. The van der Waals surface area contributed by atoms with Gasteiger partial charge in [-0.05, 0) is 28.9 Å². The van der Waals surface area contributed by atoms with Gasteiger partial charge in [0.1, 0.15) is 5.69 Å². The lowest BCUT2D eigenvalue weighted by Gasteiger charge is -2.07. The minimum atomic E-state index is -4.43. The quantitative estimate of drug-likeness (QED) is 0.742. The summed E-state index contributed by atoms with van der Waals surface area (Å²) in [7, 11) is 0. The van der Waals surface area contributed by atoms with E-state index in [1.54, 1.807) is 6.92 Å². The summed E-state index contributed by atoms with van der Waals surface area (Å²) in [5.41, 5.74) is -0.192. The average Bonchev–Trinajstić information content (AvgIpc) is 2.41. The highest BCUT2D eigenvalue weighted by molar-refractivity contribution is 9.10. The van der Waals surface area contributed by atoms with Crippen molar-refractivity contribution < 1.29 is 13.2 Å². The Labute approximate surface area is 91.1 Å². The van der Waals surface area contributed by atoms with Gasteiger partial charge in [0.05, 0.1) is 10.2 Å². The molecule has 0 saturated heterocycles. The van der Waals surface area contributed by atoms with Gasteiger partial charge in [0, 0.05) is 6.20 Å². The topological polar surface area (TPSA) is 30.2 Å². The second-order valence-corrected chi connectivity index (χ2v) is 3.76. The Morgan fingerprint density at radius 2 is 2.07 bits per heavy atom. The van der Waals surface area contributed by atoms with Gasteiger partial charge < -0.3 is 0 Å². The number of aryl methyl sites for hydroxylation is 1. The molecule has 3 nitrogen and oxygen atoms in total. The van der Waals surface area contributed by atoms with E-state index in [0.29, 0.717) is 10.2 Å². The highest BCUT2D eigenvalue weighted by Crippen LogP contribution is 2.31. The summed E-state index contributed by atoms with van der Waals surface area (Å²) < 4.78 is 38.9. The van der Waals surface area contributed by atoms with Gasteiger partial charge in [-0.25, -0.2) is 9.50 Å². The van der Waals surface area contributed by atoms with E-state index in [2.05, 4.69) is 26.0 Å². The minimum Gasteiger partial charge on any atom is -0.236 e. The SMILES string of the molecule is Cc1nn2c(C(F)(F)F)ccnc2c1Br. The van der Waals surface area contributed by atoms with E-state index in [4.69, 9.17) is 0 Å². The third-order valence-corrected chi connectivity index (χ3v) is 2.84. The molecular formula is C8H5BrF3N3. The first-order valence-corrected chi connectivity index (χ1v) is 4.77. The van der Waals surface area contributed by atoms with Crippen LogP contribution in [0.15, 0.2) is 16.7 Å². The molecule has 2 aromatic heterocycles. The van der Waals surface area contributed by atoms with Gasteiger partial charge in [0.15, 0.2) is 5.65 Å². The summed E-state index contributed by atoms with van der Waals surface area (Å²) in [5, 5.41) is 3.77. The first-order chi connectivity index (χ1) is 6.91. The molecule has 0 bridgehead atoms. The molecule has 0 atom stereocenters. The zero-order chi connectivity index (χ0) is 11.2. The monoisotopic (exact) mass is 279 g/mol. The Hall–Kier alpha value is -1.11. The highest BCUT2D eigenvalue weighted by atomic mass is 79.9. The fourth-order valence-corrected chi connectivity index (χ4v) is 1.59. The van der Waals surface area contributed by atoms with Crippen LogP contribution >= 0.6 is 15.9 Å². The van der Waals surface area contributed by atoms with Crippen LogP contribution in [-0.2, 0) is 6.18 Å². The van der Waals surface area contributed by atoms with Gasteiger partial charge in [0.25, 0.3) is 0 Å². The Morgan fingerprint density at radius 1 is 1.40 bits per heavy atom. The second-order valence-electron chi connectivity index (χ2n) is 2.96. The predicted octanol–water partition coefficient (Wildman–Crippen LogP) is 2.82. The van der Waals surface area contributed by atoms with Crippen LogP contribution in [0, 0.1) is 6.92 Å². The number of alkyl halides is 3. The van der Waals surface area contributed by atoms with Crippen LogP contribution in [0.3, 0.4) is 0 Å². The first-order valence-electron chi connectivity index (χ1n) is 3.98. The molecule has 0 N–H and O–H groups in total. The summed E-state index contributed by atoms with van der Waals surface area (Å²) in [6.07, 6.45) is -3.32. The largest absolute Gasteiger partial charge is 0.433 e. The van der Waals surface area contributed by atoms with E-state index in [1.807, 2.05) is 0 Å². The molecule has 7 heteroatoms. The van der Waals surface area contributed by atoms with E-state index < -0.39 is 11.9 Å². The van der Waals surface area contributed by atoms with Crippen molar-refractivity contribution in [3.63, 3.8) is 0 Å². The van der Waals surface area contributed by atoms with Gasteiger partial charge in [0.2, 0.25) is 0 Å². The van der Waals surface area contributed by atoms with Gasteiger partial charge in [-0.3, -0.25) is 0 Å². The molecule has 80 valence electrons. The molecule has 0 aliphatic carbocycles. The van der Waals surface area contributed by atoms with Crippen molar-refractivity contribution in [2.45, 2.75) is 13.1 Å². The maximum absolute atomic E-state index is 12.6. The van der Waals surface area contributed by atoms with Crippen LogP contribution < -0.4 is 0 Å². The summed E-state index contributed by atoms with van der Waals surface area (Å²) in [6.45, 7) is 1.61. The number of aromatic nitrogens is 3. The maximum Gasteiger partial charge on any atom is 0.433 e. The third-order valence-electron chi connectivity index (χ3n) is 1.91. The van der Waals surface area contributed by atoms with Crippen LogP contribution in [0.5, 0.6) is 0 Å². The molecule has 0 saturated carbocycles. The molecule has 2 rings (SSSR count). The van der Waals surface area contributed by atoms with Crippen molar-refractivity contribution in [1.82, 2.24) is 14.6 Å². The molecule has 0 spiro atoms. The maximum atomic E-state index is 12.6. The second kappa shape index (κ2) is 3.19. The van der Waals surface area contributed by atoms with Crippen LogP contribution in [0.4, 0.5) is 13.2 Å². The van der Waals surface area contributed by atoms with Gasteiger partial charge in [-0.2, -0.15) is 18.3 Å². The van der Waals surface area contributed by atoms with Crippen molar-refractivity contribution in [2.75, 3.05) is 0 Å². The van der Waals surface area contributed by atoms with Gasteiger partial charge in [-0.15, -0.1) is 0 Å². The normalized spacial score (nSPS) is 12.3. The highest BCUT2D eigenvalue weighted by Gasteiger charge is 2.34. The number of halogens is 4. The molecule has 0 radical (unpaired) electrons. The molecular weight excluding hydrogens is 275 g/mol. The first kappa shape index (κ1) is 10.4. The number of hydrogen-bond acceptors (Lipinski definition) is 2. The predicted molar refractivity (Wildman–Crippen MR) is 50.4 cm³/mol. The van der Waals surface area contributed by atoms with E-state index in [-0.39, 0.29) is 5.65 Å². The van der Waals surface area contributed by atoms with E-state index >= 15 is 0 Å². The standard InChI is InChI=1S/C8H5BrF3N3/c1-4-6(9)7-13-3-2-5(8(10,11)12)15(7)14-4/h2-3H,1H3. The smallest absolute Gasteiger partial charge is 0.236 e. The fraction of sp³-hybridized carbons (Fsp3) is 0.250. The molecule has 2 aromatic rings. The lowest BCUT2D eigenvalue weighted by atomic mass is 10.4. The number of nitrogens with zero attached hydrogens (tertiary/aromatic N) is 3. The van der Waals surface area contributed by atoms with E-state index in [9.17, 15) is 13.2 Å². The zero-order valence-electron chi connectivity index (χ0n) is 7.51. The summed E-state index contributed by atoms with van der Waals surface area (Å²) >= 11 is 3.14. The van der Waals surface area contributed by atoms with Crippen molar-refractivity contribution in [3.05, 3.63) is 28.1 Å². The zero-order valence-corrected chi connectivity index (χ0v) is 9.09. The Balaban J connectivity index is 2.83. The lowest BCUT2D eigenvalue weighted by molar-refractivity contribution is -0.142. The summed E-state index contributed by atoms with van der Waals surface area (Å²) in [6, 6.07) is 0.895. The van der Waals surface area contributed by atoms with Crippen molar-refractivity contribution in [1.29, 1.82) is 0 Å². The van der Waals surface area contributed by atoms with E-state index in [0.717, 1.165) is 16.8 Å². The van der Waals surface area contributed by atoms with Crippen molar-refractivity contribution in [3.8, 4) is 0 Å². The fourth-order valence-electron chi connectivity index (χ4n) is 1.24. The molecule has 0 unspecified atom stereocenters. The molecule has 0 amide bonds. The van der Waals surface area contributed by atoms with Gasteiger partial charge >= 0.3 is 6.18 Å². The van der Waals surface area contributed by atoms with Crippen molar-refractivity contribution in [2.24, 2.45) is 0 Å². The van der Waals surface area contributed by atoms with Crippen LogP contribution in [0.25, 0.3) is 5.65 Å². The summed E-state index contributed by atoms with van der Waals surface area (Å²) in [4.78, 5) is 3.83. The number of rotatable bonds is 0. The molecule has 0 aromatic carbocycles. The Kier molecular flexibility index (Phi) is 2.22. The Morgan fingerprint density at radius 3 is 2.67 bits per heavy atom. The number of hydrogen-bond donors (Lipinski definition) is 0. The number of fused-ring (bicyclic) bond motifs is 1. The minimum absolute atomic E-state index is 0.169. The van der Waals surface area contributed by atoms with Crippen LogP contribution in [-0.4, -0.2) is 14.6 Å². The Bertz CT molecular complexity index is 518. The van der Waals surface area contributed by atoms with E-state index in [1.165, 1.54) is 0 Å². The van der Waals surface area contributed by atoms with Crippen LogP contribution in [0.1, 0.15) is 11.4 Å². The third kappa shape index (κ3) is 1.60. The molecule has 0 aliphatic heterocycles. The molecule has 0 aliphatic rings. The molecule has 0 fully saturated rings. The molecule has 15 heavy (non-hydrogen) atoms.